The Labute approximate surface area is 86.1 Å². The van der Waals surface area contributed by atoms with E-state index in [9.17, 15) is 9.59 Å². The van der Waals surface area contributed by atoms with Crippen LogP contribution in [0.3, 0.4) is 0 Å². The highest BCUT2D eigenvalue weighted by molar-refractivity contribution is 5.74. The van der Waals surface area contributed by atoms with Crippen LogP contribution in [0.2, 0.25) is 0 Å². The second-order valence-corrected chi connectivity index (χ2v) is 2.46. The Balaban J connectivity index is 3.33. The first kappa shape index (κ1) is 10.9. The molecule has 5 heteroatoms. The molecule has 1 rings (SSSR count). The predicted octanol–water partition coefficient (Wildman–Crippen LogP) is 2.02. The van der Waals surface area contributed by atoms with Crippen LogP contribution < -0.4 is 4.74 Å². The van der Waals surface area contributed by atoms with Crippen molar-refractivity contribution in [3.8, 4) is 5.75 Å². The van der Waals surface area contributed by atoms with Crippen molar-refractivity contribution in [2.45, 2.75) is 6.92 Å². The molecule has 15 heavy (non-hydrogen) atoms. The summed E-state index contributed by atoms with van der Waals surface area (Å²) in [5.74, 6) is 0.386. The first-order valence-electron chi connectivity index (χ1n) is 4.25. The van der Waals surface area contributed by atoms with Crippen molar-refractivity contribution in [2.24, 2.45) is 9.98 Å². The van der Waals surface area contributed by atoms with E-state index in [1.54, 1.807) is 19.1 Å². The minimum atomic E-state index is 0.192. The summed E-state index contributed by atoms with van der Waals surface area (Å²) < 4.78 is 5.21. The molecule has 0 N–H and O–H groups in total. The fourth-order valence-corrected chi connectivity index (χ4v) is 1.08. The zero-order valence-corrected chi connectivity index (χ0v) is 8.06. The molecule has 0 aliphatic carbocycles. The van der Waals surface area contributed by atoms with Gasteiger partial charge in [-0.2, -0.15) is 9.98 Å². The van der Waals surface area contributed by atoms with Crippen molar-refractivity contribution in [2.75, 3.05) is 6.61 Å². The number of hydrogen-bond donors (Lipinski definition) is 0. The van der Waals surface area contributed by atoms with E-state index in [2.05, 4.69) is 9.98 Å². The maximum absolute atomic E-state index is 10.2. The highest BCUT2D eigenvalue weighted by atomic mass is 16.5. The van der Waals surface area contributed by atoms with Gasteiger partial charge in [-0.15, -0.1) is 0 Å². The lowest BCUT2D eigenvalue weighted by Gasteiger charge is -2.06. The van der Waals surface area contributed by atoms with Crippen LogP contribution in [0.25, 0.3) is 0 Å². The highest BCUT2D eigenvalue weighted by Crippen LogP contribution is 2.36. The normalized spacial score (nSPS) is 8.60. The molecular weight excluding hydrogens is 196 g/mol. The van der Waals surface area contributed by atoms with Crippen LogP contribution in [0.1, 0.15) is 6.92 Å². The molecule has 0 amide bonds. The number of carbonyl (C=O) groups excluding carboxylic acids is 2. The minimum Gasteiger partial charge on any atom is -0.491 e. The van der Waals surface area contributed by atoms with E-state index in [0.717, 1.165) is 0 Å². The molecule has 0 aliphatic rings. The van der Waals surface area contributed by atoms with E-state index in [4.69, 9.17) is 4.74 Å². The van der Waals surface area contributed by atoms with Gasteiger partial charge in [0, 0.05) is 0 Å². The number of benzene rings is 1. The van der Waals surface area contributed by atoms with Crippen molar-refractivity contribution < 1.29 is 14.3 Å². The SMILES string of the molecule is CCOc1cccc(N=C=O)c1N=C=O. The number of para-hydroxylation sites is 1. The number of nitrogens with zero attached hydrogens (tertiary/aromatic N) is 2. The monoisotopic (exact) mass is 204 g/mol. The van der Waals surface area contributed by atoms with Gasteiger partial charge in [-0.25, -0.2) is 9.59 Å². The number of isocyanates is 2. The van der Waals surface area contributed by atoms with Gasteiger partial charge < -0.3 is 4.74 Å². The van der Waals surface area contributed by atoms with E-state index in [1.807, 2.05) is 0 Å². The molecule has 5 nitrogen and oxygen atoms in total. The second kappa shape index (κ2) is 5.50. The molecule has 0 fully saturated rings. The molecule has 1 aromatic carbocycles. The zero-order valence-electron chi connectivity index (χ0n) is 8.06. The third-order valence-electron chi connectivity index (χ3n) is 1.60. The highest BCUT2D eigenvalue weighted by Gasteiger charge is 2.07. The van der Waals surface area contributed by atoms with Gasteiger partial charge in [0.05, 0.1) is 6.61 Å². The Bertz CT molecular complexity index is 444. The Hall–Kier alpha value is -2.22. The summed E-state index contributed by atoms with van der Waals surface area (Å²) in [4.78, 5) is 27.2. The van der Waals surface area contributed by atoms with Crippen molar-refractivity contribution >= 4 is 23.5 Å². The van der Waals surface area contributed by atoms with Crippen molar-refractivity contribution in [3.63, 3.8) is 0 Å². The van der Waals surface area contributed by atoms with Crippen LogP contribution in [0.5, 0.6) is 5.75 Å². The third-order valence-corrected chi connectivity index (χ3v) is 1.60. The Morgan fingerprint density at radius 1 is 1.27 bits per heavy atom. The summed E-state index contributed by atoms with van der Waals surface area (Å²) in [6.45, 7) is 2.22. The van der Waals surface area contributed by atoms with Crippen molar-refractivity contribution in [1.82, 2.24) is 0 Å². The van der Waals surface area contributed by atoms with Gasteiger partial charge in [0.1, 0.15) is 17.1 Å². The first-order chi connectivity index (χ1) is 7.33. The molecule has 0 aromatic heterocycles. The van der Waals surface area contributed by atoms with Crippen LogP contribution in [0.4, 0.5) is 11.4 Å². The third kappa shape index (κ3) is 2.61. The maximum Gasteiger partial charge on any atom is 0.240 e. The fourth-order valence-electron chi connectivity index (χ4n) is 1.08. The Kier molecular flexibility index (Phi) is 3.98. The van der Waals surface area contributed by atoms with Crippen LogP contribution in [0.15, 0.2) is 28.2 Å². The number of rotatable bonds is 4. The van der Waals surface area contributed by atoms with Crippen molar-refractivity contribution in [3.05, 3.63) is 18.2 Å². The van der Waals surface area contributed by atoms with Crippen LogP contribution in [0, 0.1) is 0 Å². The Morgan fingerprint density at radius 3 is 2.60 bits per heavy atom. The molecule has 1 aromatic rings. The van der Waals surface area contributed by atoms with Gasteiger partial charge in [-0.05, 0) is 19.1 Å². The number of ether oxygens (including phenoxy) is 1. The van der Waals surface area contributed by atoms with E-state index in [-0.39, 0.29) is 11.4 Å². The topological polar surface area (TPSA) is 68.1 Å². The molecule has 0 aliphatic heterocycles. The molecule has 0 unspecified atom stereocenters. The summed E-state index contributed by atoms with van der Waals surface area (Å²) in [5.41, 5.74) is 0.428. The lowest BCUT2D eigenvalue weighted by molar-refractivity contribution is 0.341. The maximum atomic E-state index is 10.2. The zero-order chi connectivity index (χ0) is 11.1. The molecule has 0 bridgehead atoms. The lowest BCUT2D eigenvalue weighted by atomic mass is 10.2. The summed E-state index contributed by atoms with van der Waals surface area (Å²) in [5, 5.41) is 0. The summed E-state index contributed by atoms with van der Waals surface area (Å²) in [6, 6.07) is 4.80. The largest absolute Gasteiger partial charge is 0.491 e. The summed E-state index contributed by atoms with van der Waals surface area (Å²) in [6.07, 6.45) is 2.77. The number of hydrogen-bond acceptors (Lipinski definition) is 5. The van der Waals surface area contributed by atoms with Gasteiger partial charge in [-0.3, -0.25) is 0 Å². The smallest absolute Gasteiger partial charge is 0.240 e. The molecule has 0 saturated heterocycles. The summed E-state index contributed by atoms with van der Waals surface area (Å²) >= 11 is 0. The van der Waals surface area contributed by atoms with Gasteiger partial charge in [0.25, 0.3) is 0 Å². The number of aliphatic imine (C=N–C) groups is 2. The molecular formula is C10H8N2O3. The molecule has 0 radical (unpaired) electrons. The van der Waals surface area contributed by atoms with Crippen molar-refractivity contribution in [1.29, 1.82) is 0 Å². The molecule has 0 saturated carbocycles. The average molecular weight is 204 g/mol. The molecule has 76 valence electrons. The van der Waals surface area contributed by atoms with E-state index in [1.165, 1.54) is 18.2 Å². The quantitative estimate of drug-likeness (QED) is 0.556. The van der Waals surface area contributed by atoms with E-state index in [0.29, 0.717) is 12.4 Å². The fraction of sp³-hybridized carbons (Fsp3) is 0.200. The molecule has 0 spiro atoms. The average Bonchev–Trinajstić information content (AvgIpc) is 2.23. The minimum absolute atomic E-state index is 0.192. The van der Waals surface area contributed by atoms with E-state index < -0.39 is 0 Å². The molecule has 0 atom stereocenters. The van der Waals surface area contributed by atoms with Crippen LogP contribution in [-0.4, -0.2) is 18.8 Å². The van der Waals surface area contributed by atoms with E-state index >= 15 is 0 Å². The lowest BCUT2D eigenvalue weighted by Crippen LogP contribution is -1.91. The predicted molar refractivity (Wildman–Crippen MR) is 53.2 cm³/mol. The second-order valence-electron chi connectivity index (χ2n) is 2.46. The standard InChI is InChI=1S/C10H8N2O3/c1-2-15-9-5-3-4-8(11-6-13)10(9)12-7-14/h3-5H,2H2,1H3. The van der Waals surface area contributed by atoms with Crippen LogP contribution in [-0.2, 0) is 9.59 Å². The molecule has 0 heterocycles. The van der Waals surface area contributed by atoms with Gasteiger partial charge in [0.2, 0.25) is 12.2 Å². The van der Waals surface area contributed by atoms with Gasteiger partial charge in [0.15, 0.2) is 0 Å². The first-order valence-corrected chi connectivity index (χ1v) is 4.25. The van der Waals surface area contributed by atoms with Gasteiger partial charge in [-0.1, -0.05) is 6.07 Å². The van der Waals surface area contributed by atoms with Gasteiger partial charge >= 0.3 is 0 Å². The summed E-state index contributed by atoms with van der Waals surface area (Å²) in [7, 11) is 0. The van der Waals surface area contributed by atoms with Crippen LogP contribution >= 0.6 is 0 Å². The Morgan fingerprint density at radius 2 is 2.00 bits per heavy atom.